The first kappa shape index (κ1) is 14.4. The lowest BCUT2D eigenvalue weighted by molar-refractivity contribution is 0.447. The molecule has 1 aromatic rings. The maximum absolute atomic E-state index is 12.0. The van der Waals surface area contributed by atoms with Gasteiger partial charge in [-0.3, -0.25) is 4.21 Å². The van der Waals surface area contributed by atoms with Crippen LogP contribution in [0.2, 0.25) is 0 Å². The van der Waals surface area contributed by atoms with Crippen LogP contribution in [-0.4, -0.2) is 9.96 Å². The highest BCUT2D eigenvalue weighted by atomic mass is 79.9. The van der Waals surface area contributed by atoms with Crippen LogP contribution in [0, 0.1) is 16.7 Å². The van der Waals surface area contributed by atoms with Crippen molar-refractivity contribution < 1.29 is 4.21 Å². The molecule has 0 aliphatic carbocycles. The topological polar surface area (TPSA) is 40.9 Å². The van der Waals surface area contributed by atoms with Crippen LogP contribution < -0.4 is 0 Å². The largest absolute Gasteiger partial charge is 0.254 e. The normalized spacial score (nSPS) is 13.1. The van der Waals surface area contributed by atoms with E-state index in [4.69, 9.17) is 5.26 Å². The Morgan fingerprint density at radius 2 is 2.06 bits per heavy atom. The van der Waals surface area contributed by atoms with Gasteiger partial charge >= 0.3 is 0 Å². The molecular weight excluding hydrogens is 298 g/mol. The summed E-state index contributed by atoms with van der Waals surface area (Å²) in [7, 11) is -0.988. The van der Waals surface area contributed by atoms with Crippen LogP contribution >= 0.6 is 15.9 Å². The first-order chi connectivity index (χ1) is 7.96. The molecule has 0 aliphatic rings. The van der Waals surface area contributed by atoms with Crippen LogP contribution in [0.4, 0.5) is 0 Å². The summed E-state index contributed by atoms with van der Waals surface area (Å²) < 4.78 is 12.9. The molecule has 0 bridgehead atoms. The van der Waals surface area contributed by atoms with Gasteiger partial charge in [-0.1, -0.05) is 12.1 Å². The van der Waals surface area contributed by atoms with Crippen LogP contribution in [0.1, 0.15) is 26.7 Å². The molecule has 1 aromatic carbocycles. The number of hydrogen-bond donors (Lipinski definition) is 0. The minimum Gasteiger partial charge on any atom is -0.254 e. The van der Waals surface area contributed by atoms with Gasteiger partial charge in [0, 0.05) is 10.2 Å². The van der Waals surface area contributed by atoms with Gasteiger partial charge in [-0.15, -0.1) is 0 Å². The van der Waals surface area contributed by atoms with E-state index in [-0.39, 0.29) is 5.41 Å². The lowest BCUT2D eigenvalue weighted by atomic mass is 9.90. The maximum Gasteiger partial charge on any atom is 0.0683 e. The van der Waals surface area contributed by atoms with E-state index >= 15 is 0 Å². The van der Waals surface area contributed by atoms with Gasteiger partial charge in [0.1, 0.15) is 0 Å². The Morgan fingerprint density at radius 3 is 2.65 bits per heavy atom. The van der Waals surface area contributed by atoms with Gasteiger partial charge in [-0.25, -0.2) is 0 Å². The zero-order valence-corrected chi connectivity index (χ0v) is 12.5. The second kappa shape index (κ2) is 6.32. The Balaban J connectivity index is 2.53. The summed E-state index contributed by atoms with van der Waals surface area (Å²) in [6, 6.07) is 9.82. The van der Waals surface area contributed by atoms with E-state index in [2.05, 4.69) is 22.0 Å². The quantitative estimate of drug-likeness (QED) is 0.827. The summed E-state index contributed by atoms with van der Waals surface area (Å²) >= 11 is 3.40. The molecule has 1 rings (SSSR count). The molecule has 4 heteroatoms. The summed E-state index contributed by atoms with van der Waals surface area (Å²) in [5.74, 6) is 0.605. The average molecular weight is 314 g/mol. The third-order valence-electron chi connectivity index (χ3n) is 2.52. The Morgan fingerprint density at radius 1 is 1.41 bits per heavy atom. The monoisotopic (exact) mass is 313 g/mol. The van der Waals surface area contributed by atoms with Crippen molar-refractivity contribution in [2.24, 2.45) is 5.41 Å². The van der Waals surface area contributed by atoms with Crippen molar-refractivity contribution in [2.45, 2.75) is 31.6 Å². The number of benzene rings is 1. The first-order valence-corrected chi connectivity index (χ1v) is 7.61. The lowest BCUT2D eigenvalue weighted by Crippen LogP contribution is -2.10. The number of nitriles is 1. The van der Waals surface area contributed by atoms with Crippen LogP contribution in [0.15, 0.2) is 33.6 Å². The van der Waals surface area contributed by atoms with Crippen molar-refractivity contribution >= 4 is 26.7 Å². The van der Waals surface area contributed by atoms with Gasteiger partial charge in [-0.2, -0.15) is 5.26 Å². The first-order valence-electron chi connectivity index (χ1n) is 5.50. The molecule has 0 amide bonds. The van der Waals surface area contributed by atoms with Crippen LogP contribution in [0.3, 0.4) is 0 Å². The molecular formula is C13H16BrNOS. The molecule has 1 atom stereocenters. The van der Waals surface area contributed by atoms with Crippen molar-refractivity contribution in [1.82, 2.24) is 0 Å². The molecule has 0 fully saturated rings. The average Bonchev–Trinajstić information content (AvgIpc) is 2.29. The van der Waals surface area contributed by atoms with Crippen molar-refractivity contribution in [3.63, 3.8) is 0 Å². The van der Waals surface area contributed by atoms with Crippen molar-refractivity contribution in [3.8, 4) is 6.07 Å². The number of halogens is 1. The van der Waals surface area contributed by atoms with Crippen molar-refractivity contribution in [2.75, 3.05) is 5.75 Å². The fourth-order valence-corrected chi connectivity index (χ4v) is 3.41. The molecule has 1 unspecified atom stereocenters. The Bertz CT molecular complexity index is 451. The number of rotatable bonds is 5. The summed E-state index contributed by atoms with van der Waals surface area (Å²) in [5, 5.41) is 8.89. The third-order valence-corrected chi connectivity index (χ3v) is 4.98. The fourth-order valence-electron chi connectivity index (χ4n) is 1.44. The molecule has 0 aromatic heterocycles. The second-order valence-corrected chi connectivity index (χ2v) is 6.97. The molecule has 0 N–H and O–H groups in total. The van der Waals surface area contributed by atoms with Crippen LogP contribution in [0.5, 0.6) is 0 Å². The van der Waals surface area contributed by atoms with E-state index in [9.17, 15) is 4.21 Å². The van der Waals surface area contributed by atoms with E-state index in [1.54, 1.807) is 0 Å². The van der Waals surface area contributed by atoms with Gasteiger partial charge in [0.05, 0.1) is 27.2 Å². The predicted molar refractivity (Wildman–Crippen MR) is 74.0 cm³/mol. The van der Waals surface area contributed by atoms with Gasteiger partial charge in [0.15, 0.2) is 0 Å². The zero-order chi connectivity index (χ0) is 12.9. The highest BCUT2D eigenvalue weighted by molar-refractivity contribution is 9.10. The van der Waals surface area contributed by atoms with Crippen molar-refractivity contribution in [3.05, 3.63) is 28.7 Å². The number of nitrogens with zero attached hydrogens (tertiary/aromatic N) is 1. The molecule has 92 valence electrons. The highest BCUT2D eigenvalue weighted by Crippen LogP contribution is 2.23. The number of hydrogen-bond acceptors (Lipinski definition) is 2. The van der Waals surface area contributed by atoms with Crippen molar-refractivity contribution in [1.29, 1.82) is 5.26 Å². The van der Waals surface area contributed by atoms with E-state index in [0.29, 0.717) is 5.75 Å². The van der Waals surface area contributed by atoms with Gasteiger partial charge < -0.3 is 0 Å². The van der Waals surface area contributed by atoms with Gasteiger partial charge in [0.2, 0.25) is 0 Å². The summed E-state index contributed by atoms with van der Waals surface area (Å²) in [4.78, 5) is 0.835. The van der Waals surface area contributed by atoms with Gasteiger partial charge in [-0.05, 0) is 54.8 Å². The Labute approximate surface area is 114 Å². The SMILES string of the molecule is CC(C)(C#N)CCCS(=O)c1ccccc1Br. The minimum atomic E-state index is -0.988. The predicted octanol–water partition coefficient (Wildman–Crippen LogP) is 3.89. The van der Waals surface area contributed by atoms with Crippen LogP contribution in [0.25, 0.3) is 0 Å². The summed E-state index contributed by atoms with van der Waals surface area (Å²) in [6.07, 6.45) is 1.58. The van der Waals surface area contributed by atoms with E-state index in [0.717, 1.165) is 22.2 Å². The molecule has 17 heavy (non-hydrogen) atoms. The zero-order valence-electron chi connectivity index (χ0n) is 10.1. The summed E-state index contributed by atoms with van der Waals surface area (Å²) in [5.41, 5.74) is -0.321. The molecule has 0 saturated carbocycles. The molecule has 0 saturated heterocycles. The molecule has 0 spiro atoms. The highest BCUT2D eigenvalue weighted by Gasteiger charge is 2.17. The lowest BCUT2D eigenvalue weighted by Gasteiger charge is -2.14. The second-order valence-electron chi connectivity index (χ2n) is 4.58. The van der Waals surface area contributed by atoms with Gasteiger partial charge in [0.25, 0.3) is 0 Å². The summed E-state index contributed by atoms with van der Waals surface area (Å²) in [6.45, 7) is 3.82. The van der Waals surface area contributed by atoms with E-state index < -0.39 is 10.8 Å². The molecule has 0 radical (unpaired) electrons. The van der Waals surface area contributed by atoms with E-state index in [1.165, 1.54) is 0 Å². The molecule has 2 nitrogen and oxygen atoms in total. The third kappa shape index (κ3) is 4.61. The smallest absolute Gasteiger partial charge is 0.0683 e. The maximum atomic E-state index is 12.0. The van der Waals surface area contributed by atoms with E-state index in [1.807, 2.05) is 38.1 Å². The minimum absolute atomic E-state index is 0.321. The fraction of sp³-hybridized carbons (Fsp3) is 0.462. The Kier molecular flexibility index (Phi) is 5.35. The Hall–Kier alpha value is -0.660. The molecule has 0 aliphatic heterocycles. The standard InChI is InChI=1S/C13H16BrNOS/c1-13(2,10-15)8-5-9-17(16)12-7-4-3-6-11(12)14/h3-4,6-7H,5,8-9H2,1-2H3. The van der Waals surface area contributed by atoms with Crippen LogP contribution in [-0.2, 0) is 10.8 Å². The molecule has 0 heterocycles.